The highest BCUT2D eigenvalue weighted by Crippen LogP contribution is 2.12. The lowest BCUT2D eigenvalue weighted by Crippen LogP contribution is -2.30. The molecule has 16 heavy (non-hydrogen) atoms. The van der Waals surface area contributed by atoms with Gasteiger partial charge in [-0.1, -0.05) is 18.2 Å². The minimum atomic E-state index is -0.210. The second kappa shape index (κ2) is 4.61. The van der Waals surface area contributed by atoms with Gasteiger partial charge in [-0.3, -0.25) is 4.79 Å². The number of hydrogen-bond acceptors (Lipinski definition) is 2. The summed E-state index contributed by atoms with van der Waals surface area (Å²) in [5, 5.41) is 0. The van der Waals surface area contributed by atoms with E-state index in [2.05, 4.69) is 0 Å². The van der Waals surface area contributed by atoms with Gasteiger partial charge in [0.2, 0.25) is 5.91 Å². The van der Waals surface area contributed by atoms with Crippen molar-refractivity contribution in [2.24, 2.45) is 5.73 Å². The highest BCUT2D eigenvalue weighted by molar-refractivity contribution is 5.79. The predicted octanol–water partition coefficient (Wildman–Crippen LogP) is 0.928. The minimum Gasteiger partial charge on any atom is -0.341 e. The molecule has 1 heterocycles. The second-order valence-electron chi connectivity index (χ2n) is 4.15. The number of likely N-dealkylation sites (tertiary alicyclic amines) is 1. The predicted molar refractivity (Wildman–Crippen MR) is 59.3 cm³/mol. The SMILES string of the molecule is NC1CC(=O)N(CCc2ccccc2F)C1. The first kappa shape index (κ1) is 11.1. The fraction of sp³-hybridized carbons (Fsp3) is 0.417. The first-order chi connectivity index (χ1) is 7.66. The second-order valence-corrected chi connectivity index (χ2v) is 4.15. The molecule has 1 amide bonds. The van der Waals surface area contributed by atoms with Crippen LogP contribution in [0.4, 0.5) is 4.39 Å². The number of nitrogens with zero attached hydrogens (tertiary/aromatic N) is 1. The van der Waals surface area contributed by atoms with Gasteiger partial charge in [-0.05, 0) is 18.1 Å². The minimum absolute atomic E-state index is 0.0619. The molecule has 0 radical (unpaired) electrons. The van der Waals surface area contributed by atoms with Crippen LogP contribution in [-0.2, 0) is 11.2 Å². The van der Waals surface area contributed by atoms with Crippen molar-refractivity contribution in [3.05, 3.63) is 35.6 Å². The standard InChI is InChI=1S/C12H15FN2O/c13-11-4-2-1-3-9(11)5-6-15-8-10(14)7-12(15)16/h1-4,10H,5-8,14H2. The summed E-state index contributed by atoms with van der Waals surface area (Å²) in [6.45, 7) is 1.14. The van der Waals surface area contributed by atoms with Gasteiger partial charge in [0.15, 0.2) is 0 Å². The summed E-state index contributed by atoms with van der Waals surface area (Å²) in [4.78, 5) is 13.1. The van der Waals surface area contributed by atoms with Crippen molar-refractivity contribution >= 4 is 5.91 Å². The van der Waals surface area contributed by atoms with E-state index >= 15 is 0 Å². The van der Waals surface area contributed by atoms with E-state index in [1.54, 1.807) is 23.1 Å². The fourth-order valence-electron chi connectivity index (χ4n) is 1.98. The van der Waals surface area contributed by atoms with Crippen LogP contribution in [0.1, 0.15) is 12.0 Å². The molecule has 4 heteroatoms. The summed E-state index contributed by atoms with van der Waals surface area (Å²) in [6.07, 6.45) is 0.961. The Morgan fingerprint density at radius 1 is 1.44 bits per heavy atom. The number of carbonyl (C=O) groups is 1. The average Bonchev–Trinajstić information content (AvgIpc) is 2.56. The largest absolute Gasteiger partial charge is 0.341 e. The Morgan fingerprint density at radius 2 is 2.19 bits per heavy atom. The fourth-order valence-corrected chi connectivity index (χ4v) is 1.98. The highest BCUT2D eigenvalue weighted by atomic mass is 19.1. The van der Waals surface area contributed by atoms with E-state index in [1.165, 1.54) is 6.07 Å². The topological polar surface area (TPSA) is 46.3 Å². The zero-order valence-electron chi connectivity index (χ0n) is 9.03. The number of benzene rings is 1. The Kier molecular flexibility index (Phi) is 3.19. The average molecular weight is 222 g/mol. The van der Waals surface area contributed by atoms with Crippen molar-refractivity contribution in [2.75, 3.05) is 13.1 Å². The molecule has 1 atom stereocenters. The summed E-state index contributed by atoms with van der Waals surface area (Å²) in [7, 11) is 0. The van der Waals surface area contributed by atoms with E-state index < -0.39 is 0 Å². The number of nitrogens with two attached hydrogens (primary N) is 1. The zero-order chi connectivity index (χ0) is 11.5. The van der Waals surface area contributed by atoms with Gasteiger partial charge in [0.25, 0.3) is 0 Å². The number of hydrogen-bond donors (Lipinski definition) is 1. The molecule has 0 saturated carbocycles. The van der Waals surface area contributed by atoms with Crippen LogP contribution in [0.5, 0.6) is 0 Å². The lowest BCUT2D eigenvalue weighted by molar-refractivity contribution is -0.127. The summed E-state index contributed by atoms with van der Waals surface area (Å²) >= 11 is 0. The van der Waals surface area contributed by atoms with Crippen LogP contribution in [-0.4, -0.2) is 29.9 Å². The van der Waals surface area contributed by atoms with E-state index in [-0.39, 0.29) is 17.8 Å². The van der Waals surface area contributed by atoms with Gasteiger partial charge < -0.3 is 10.6 Å². The van der Waals surface area contributed by atoms with Crippen molar-refractivity contribution < 1.29 is 9.18 Å². The first-order valence-corrected chi connectivity index (χ1v) is 5.43. The molecule has 86 valence electrons. The molecule has 2 N–H and O–H groups in total. The molecule has 3 nitrogen and oxygen atoms in total. The van der Waals surface area contributed by atoms with Crippen LogP contribution < -0.4 is 5.73 Å². The number of carbonyl (C=O) groups excluding carboxylic acids is 1. The molecule has 0 spiro atoms. The van der Waals surface area contributed by atoms with Gasteiger partial charge in [-0.2, -0.15) is 0 Å². The maximum Gasteiger partial charge on any atom is 0.224 e. The van der Waals surface area contributed by atoms with Crippen LogP contribution >= 0.6 is 0 Å². The van der Waals surface area contributed by atoms with Crippen LogP contribution in [0.2, 0.25) is 0 Å². The Hall–Kier alpha value is -1.42. The third-order valence-electron chi connectivity index (χ3n) is 2.85. The number of rotatable bonds is 3. The van der Waals surface area contributed by atoms with Gasteiger partial charge in [0.05, 0.1) is 0 Å². The summed E-state index contributed by atoms with van der Waals surface area (Å²) in [5.41, 5.74) is 6.33. The van der Waals surface area contributed by atoms with E-state index in [9.17, 15) is 9.18 Å². The third kappa shape index (κ3) is 2.39. The third-order valence-corrected chi connectivity index (χ3v) is 2.85. The maximum atomic E-state index is 13.3. The number of amides is 1. The van der Waals surface area contributed by atoms with Crippen LogP contribution in [0.3, 0.4) is 0 Å². The molecule has 1 fully saturated rings. The molecule has 1 aromatic carbocycles. The molecular formula is C12H15FN2O. The van der Waals surface area contributed by atoms with Crippen molar-refractivity contribution in [3.8, 4) is 0 Å². The Balaban J connectivity index is 1.93. The summed E-state index contributed by atoms with van der Waals surface area (Å²) < 4.78 is 13.3. The Bertz CT molecular complexity index is 394. The van der Waals surface area contributed by atoms with Crippen molar-refractivity contribution in [2.45, 2.75) is 18.9 Å². The normalized spacial score (nSPS) is 20.5. The smallest absolute Gasteiger partial charge is 0.224 e. The van der Waals surface area contributed by atoms with Crippen LogP contribution in [0.15, 0.2) is 24.3 Å². The highest BCUT2D eigenvalue weighted by Gasteiger charge is 2.26. The molecule has 0 aromatic heterocycles. The lowest BCUT2D eigenvalue weighted by atomic mass is 10.1. The molecule has 0 aliphatic carbocycles. The van der Waals surface area contributed by atoms with Crippen molar-refractivity contribution in [1.82, 2.24) is 4.90 Å². The zero-order valence-corrected chi connectivity index (χ0v) is 9.03. The van der Waals surface area contributed by atoms with Gasteiger partial charge in [-0.25, -0.2) is 4.39 Å². The molecular weight excluding hydrogens is 207 g/mol. The molecule has 0 bridgehead atoms. The molecule has 1 aliphatic heterocycles. The molecule has 1 unspecified atom stereocenters. The molecule has 1 aromatic rings. The first-order valence-electron chi connectivity index (χ1n) is 5.43. The van der Waals surface area contributed by atoms with E-state index in [0.29, 0.717) is 31.5 Å². The van der Waals surface area contributed by atoms with Gasteiger partial charge >= 0.3 is 0 Å². The van der Waals surface area contributed by atoms with Crippen LogP contribution in [0, 0.1) is 5.82 Å². The molecule has 2 rings (SSSR count). The van der Waals surface area contributed by atoms with Crippen molar-refractivity contribution in [3.63, 3.8) is 0 Å². The Labute approximate surface area is 94.0 Å². The maximum absolute atomic E-state index is 13.3. The van der Waals surface area contributed by atoms with Gasteiger partial charge in [-0.15, -0.1) is 0 Å². The monoisotopic (exact) mass is 222 g/mol. The molecule has 1 saturated heterocycles. The van der Waals surface area contributed by atoms with Crippen molar-refractivity contribution in [1.29, 1.82) is 0 Å². The summed E-state index contributed by atoms with van der Waals surface area (Å²) in [5.74, 6) is -0.137. The van der Waals surface area contributed by atoms with E-state index in [1.807, 2.05) is 0 Å². The van der Waals surface area contributed by atoms with Gasteiger partial charge in [0, 0.05) is 25.6 Å². The van der Waals surface area contributed by atoms with E-state index in [0.717, 1.165) is 0 Å². The molecule has 1 aliphatic rings. The van der Waals surface area contributed by atoms with Crippen LogP contribution in [0.25, 0.3) is 0 Å². The summed E-state index contributed by atoms with van der Waals surface area (Å²) in [6, 6.07) is 6.59. The van der Waals surface area contributed by atoms with Gasteiger partial charge in [0.1, 0.15) is 5.82 Å². The number of halogens is 1. The quantitative estimate of drug-likeness (QED) is 0.827. The lowest BCUT2D eigenvalue weighted by Gasteiger charge is -2.15. The Morgan fingerprint density at radius 3 is 2.81 bits per heavy atom. The van der Waals surface area contributed by atoms with E-state index in [4.69, 9.17) is 5.73 Å².